The van der Waals surface area contributed by atoms with Crippen molar-refractivity contribution in [2.75, 3.05) is 6.54 Å². The molecule has 0 spiro atoms. The topological polar surface area (TPSA) is 78.8 Å². The van der Waals surface area contributed by atoms with Gasteiger partial charge in [-0.2, -0.15) is 5.10 Å². The van der Waals surface area contributed by atoms with E-state index < -0.39 is 0 Å². The van der Waals surface area contributed by atoms with Crippen LogP contribution in [0.3, 0.4) is 0 Å². The van der Waals surface area contributed by atoms with Gasteiger partial charge in [-0.1, -0.05) is 6.07 Å². The van der Waals surface area contributed by atoms with Crippen molar-refractivity contribution in [2.45, 2.75) is 44.4 Å². The van der Waals surface area contributed by atoms with Gasteiger partial charge in [0, 0.05) is 24.3 Å². The van der Waals surface area contributed by atoms with E-state index in [1.165, 1.54) is 0 Å². The number of hydrogen-bond acceptors (Lipinski definition) is 4. The number of aliphatic hydroxyl groups excluding tert-OH is 1. The Morgan fingerprint density at radius 3 is 2.88 bits per heavy atom. The first-order chi connectivity index (χ1) is 11.8. The first-order valence-electron chi connectivity index (χ1n) is 8.67. The highest BCUT2D eigenvalue weighted by molar-refractivity contribution is 5.85. The first-order valence-corrected chi connectivity index (χ1v) is 8.67. The Morgan fingerprint density at radius 1 is 1.23 bits per heavy atom. The second kappa shape index (κ2) is 9.37. The van der Waals surface area contributed by atoms with E-state index in [2.05, 4.69) is 43.3 Å². The van der Waals surface area contributed by atoms with Crippen LogP contribution >= 0.6 is 24.8 Å². The molecule has 8 heteroatoms. The van der Waals surface area contributed by atoms with Crippen molar-refractivity contribution in [1.82, 2.24) is 25.1 Å². The molecular weight excluding hydrogens is 373 g/mol. The van der Waals surface area contributed by atoms with E-state index in [9.17, 15) is 5.11 Å². The van der Waals surface area contributed by atoms with Gasteiger partial charge in [0.05, 0.1) is 29.7 Å². The summed E-state index contributed by atoms with van der Waals surface area (Å²) in [6, 6.07) is 6.53. The van der Waals surface area contributed by atoms with Crippen LogP contribution in [0.4, 0.5) is 0 Å². The predicted octanol–water partition coefficient (Wildman–Crippen LogP) is 3.16. The van der Waals surface area contributed by atoms with Gasteiger partial charge in [0.25, 0.3) is 0 Å². The minimum absolute atomic E-state index is 0. The van der Waals surface area contributed by atoms with Gasteiger partial charge >= 0.3 is 0 Å². The van der Waals surface area contributed by atoms with Crippen LogP contribution in [0.15, 0.2) is 36.9 Å². The average Bonchev–Trinajstić information content (AvgIpc) is 3.26. The largest absolute Gasteiger partial charge is 0.392 e. The second-order valence-electron chi connectivity index (χ2n) is 6.54. The second-order valence-corrected chi connectivity index (χ2v) is 6.54. The molecule has 0 aliphatic carbocycles. The summed E-state index contributed by atoms with van der Waals surface area (Å²) in [7, 11) is 0. The lowest BCUT2D eigenvalue weighted by Gasteiger charge is -2.29. The van der Waals surface area contributed by atoms with Crippen molar-refractivity contribution in [2.24, 2.45) is 0 Å². The Labute approximate surface area is 165 Å². The summed E-state index contributed by atoms with van der Waals surface area (Å²) in [6.07, 6.45) is 9.44. The van der Waals surface area contributed by atoms with E-state index in [0.717, 1.165) is 60.9 Å². The van der Waals surface area contributed by atoms with Crippen LogP contribution in [0.25, 0.3) is 22.2 Å². The van der Waals surface area contributed by atoms with Crippen molar-refractivity contribution >= 4 is 35.8 Å². The van der Waals surface area contributed by atoms with Crippen molar-refractivity contribution < 1.29 is 5.11 Å². The van der Waals surface area contributed by atoms with Gasteiger partial charge in [-0.15, -0.1) is 24.8 Å². The number of hydrogen-bond donors (Lipinski definition) is 3. The molecule has 0 amide bonds. The molecular formula is C18H25Cl2N5O. The Kier molecular flexibility index (Phi) is 7.46. The molecule has 1 aliphatic heterocycles. The van der Waals surface area contributed by atoms with Gasteiger partial charge < -0.3 is 15.0 Å². The zero-order valence-electron chi connectivity index (χ0n) is 14.5. The lowest BCUT2D eigenvalue weighted by atomic mass is 9.97. The molecule has 1 aliphatic rings. The fourth-order valence-corrected chi connectivity index (χ4v) is 3.54. The van der Waals surface area contributed by atoms with Crippen molar-refractivity contribution in [1.29, 1.82) is 0 Å². The summed E-state index contributed by atoms with van der Waals surface area (Å²) in [5.41, 5.74) is 4.38. The number of nitrogens with zero attached hydrogens (tertiary/aromatic N) is 3. The summed E-state index contributed by atoms with van der Waals surface area (Å²) in [6.45, 7) is 1.93. The third-order valence-electron chi connectivity index (χ3n) is 4.91. The van der Waals surface area contributed by atoms with Crippen molar-refractivity contribution in [3.63, 3.8) is 0 Å². The van der Waals surface area contributed by atoms with Gasteiger partial charge in [-0.05, 0) is 49.9 Å². The van der Waals surface area contributed by atoms with Gasteiger partial charge in [0.15, 0.2) is 0 Å². The molecule has 0 radical (unpaired) electrons. The third kappa shape index (κ3) is 4.38. The number of imidazole rings is 1. The Hall–Kier alpha value is -1.60. The summed E-state index contributed by atoms with van der Waals surface area (Å²) >= 11 is 0. The molecule has 0 saturated carbocycles. The number of piperidine rings is 1. The molecule has 1 fully saturated rings. The average molecular weight is 398 g/mol. The number of benzene rings is 1. The van der Waals surface area contributed by atoms with Gasteiger partial charge in [0.2, 0.25) is 0 Å². The molecule has 142 valence electrons. The number of rotatable bonds is 5. The molecule has 0 unspecified atom stereocenters. The number of aromatic nitrogens is 4. The van der Waals surface area contributed by atoms with Crippen molar-refractivity contribution in [3.05, 3.63) is 36.9 Å². The maximum Gasteiger partial charge on any atom is 0.0958 e. The van der Waals surface area contributed by atoms with Crippen molar-refractivity contribution in [3.8, 4) is 11.1 Å². The minimum atomic E-state index is -0.203. The first kappa shape index (κ1) is 20.7. The molecule has 4 rings (SSSR count). The van der Waals surface area contributed by atoms with Crippen LogP contribution in [0, 0.1) is 0 Å². The van der Waals surface area contributed by atoms with Crippen LogP contribution in [-0.2, 0) is 6.54 Å². The molecule has 1 aromatic carbocycles. The quantitative estimate of drug-likeness (QED) is 0.617. The number of nitrogens with one attached hydrogen (secondary N) is 2. The van der Waals surface area contributed by atoms with E-state index in [1.807, 2.05) is 18.7 Å². The number of aromatic amines is 1. The number of fused-ring (bicyclic) bond motifs is 1. The summed E-state index contributed by atoms with van der Waals surface area (Å²) < 4.78 is 2.20. The minimum Gasteiger partial charge on any atom is -0.392 e. The molecule has 3 aromatic rings. The molecule has 0 bridgehead atoms. The fraction of sp³-hybridized carbons (Fsp3) is 0.444. The zero-order valence-corrected chi connectivity index (χ0v) is 16.1. The maximum atomic E-state index is 10.0. The Bertz CT molecular complexity index is 805. The summed E-state index contributed by atoms with van der Waals surface area (Å²) in [5, 5.41) is 20.4. The monoisotopic (exact) mass is 397 g/mol. The summed E-state index contributed by atoms with van der Waals surface area (Å²) in [5.74, 6) is 0. The molecule has 6 nitrogen and oxygen atoms in total. The Morgan fingerprint density at radius 2 is 2.12 bits per heavy atom. The van der Waals surface area contributed by atoms with Crippen LogP contribution in [-0.4, -0.2) is 43.5 Å². The smallest absolute Gasteiger partial charge is 0.0958 e. The third-order valence-corrected chi connectivity index (χ3v) is 4.91. The molecule has 3 N–H and O–H groups in total. The number of halogens is 2. The molecule has 1 saturated heterocycles. The lowest BCUT2D eigenvalue weighted by Crippen LogP contribution is -2.44. The van der Waals surface area contributed by atoms with E-state index >= 15 is 0 Å². The SMILES string of the molecule is Cl.Cl.O[C@H]1CCCN[C@@H]1CCCn1cnc2ccc(-c3cn[nH]c3)cc21. The predicted molar refractivity (Wildman–Crippen MR) is 108 cm³/mol. The van der Waals surface area contributed by atoms with Gasteiger partial charge in [0.1, 0.15) is 0 Å². The normalized spacial score (nSPS) is 19.7. The van der Waals surface area contributed by atoms with Crippen LogP contribution < -0.4 is 5.32 Å². The van der Waals surface area contributed by atoms with E-state index in [-0.39, 0.29) is 37.0 Å². The number of aryl methyl sites for hydroxylation is 1. The molecule has 3 heterocycles. The Balaban J connectivity index is 0.00000121. The van der Waals surface area contributed by atoms with E-state index in [0.29, 0.717) is 0 Å². The molecule has 2 atom stereocenters. The van der Waals surface area contributed by atoms with Gasteiger partial charge in [-0.3, -0.25) is 5.10 Å². The zero-order chi connectivity index (χ0) is 16.4. The molecule has 2 aromatic heterocycles. The lowest BCUT2D eigenvalue weighted by molar-refractivity contribution is 0.0909. The van der Waals surface area contributed by atoms with Crippen LogP contribution in [0.2, 0.25) is 0 Å². The van der Waals surface area contributed by atoms with Gasteiger partial charge in [-0.25, -0.2) is 4.98 Å². The molecule has 26 heavy (non-hydrogen) atoms. The highest BCUT2D eigenvalue weighted by Crippen LogP contribution is 2.23. The van der Waals surface area contributed by atoms with E-state index in [1.54, 1.807) is 0 Å². The summed E-state index contributed by atoms with van der Waals surface area (Å²) in [4.78, 5) is 4.50. The number of H-pyrrole nitrogens is 1. The van der Waals surface area contributed by atoms with E-state index in [4.69, 9.17) is 0 Å². The standard InChI is InChI=1S/C18H23N5O.2ClH/c24-18-4-1-7-19-16(18)3-2-8-23-12-20-15-6-5-13(9-17(15)23)14-10-21-22-11-14;;/h5-6,9-12,16,18-19,24H,1-4,7-8H2,(H,21,22);2*1H/t16-,18+;;/m1../s1. The maximum absolute atomic E-state index is 10.0. The number of aliphatic hydroxyl groups is 1. The van der Waals surface area contributed by atoms with Crippen LogP contribution in [0.1, 0.15) is 25.7 Å². The van der Waals surface area contributed by atoms with Crippen LogP contribution in [0.5, 0.6) is 0 Å². The highest BCUT2D eigenvalue weighted by atomic mass is 35.5. The fourth-order valence-electron chi connectivity index (χ4n) is 3.54. The highest BCUT2D eigenvalue weighted by Gasteiger charge is 2.21.